The van der Waals surface area contributed by atoms with Crippen LogP contribution in [0.15, 0.2) is 0 Å². The molecule has 1 aliphatic heterocycles. The van der Waals surface area contributed by atoms with E-state index in [1.54, 1.807) is 0 Å². The largest absolute Gasteiger partial charge is 0.328 e. The molecule has 2 N–H and O–H groups in total. The molecular formula is C12H24N2. The lowest BCUT2D eigenvalue weighted by atomic mass is 9.73. The molecule has 0 bridgehead atoms. The van der Waals surface area contributed by atoms with Crippen LogP contribution in [0.2, 0.25) is 0 Å². The van der Waals surface area contributed by atoms with Gasteiger partial charge in [0.1, 0.15) is 0 Å². The van der Waals surface area contributed by atoms with Gasteiger partial charge in [0.25, 0.3) is 0 Å². The second kappa shape index (κ2) is 4.19. The number of hydrogen-bond donors (Lipinski definition) is 1. The second-order valence-electron chi connectivity index (χ2n) is 5.47. The van der Waals surface area contributed by atoms with Gasteiger partial charge in [-0.1, -0.05) is 0 Å². The van der Waals surface area contributed by atoms with Gasteiger partial charge in [0, 0.05) is 18.6 Å². The molecule has 82 valence electrons. The van der Waals surface area contributed by atoms with Gasteiger partial charge in [-0.2, -0.15) is 0 Å². The van der Waals surface area contributed by atoms with Crippen LogP contribution in [0.25, 0.3) is 0 Å². The lowest BCUT2D eigenvalue weighted by Gasteiger charge is -2.44. The smallest absolute Gasteiger partial charge is 0.00416 e. The van der Waals surface area contributed by atoms with Gasteiger partial charge in [-0.15, -0.1) is 0 Å². The van der Waals surface area contributed by atoms with Crippen LogP contribution in [-0.4, -0.2) is 30.1 Å². The molecule has 2 aliphatic rings. The molecule has 1 heterocycles. The molecule has 0 aromatic carbocycles. The predicted molar refractivity (Wildman–Crippen MR) is 60.1 cm³/mol. The molecule has 3 atom stereocenters. The van der Waals surface area contributed by atoms with E-state index in [9.17, 15) is 0 Å². The summed E-state index contributed by atoms with van der Waals surface area (Å²) in [5.41, 5.74) is 6.02. The van der Waals surface area contributed by atoms with Crippen LogP contribution in [0, 0.1) is 11.8 Å². The molecule has 0 radical (unpaired) electrons. The molecular weight excluding hydrogens is 172 g/mol. The van der Waals surface area contributed by atoms with Crippen molar-refractivity contribution in [2.24, 2.45) is 17.6 Å². The Morgan fingerprint density at radius 1 is 1.14 bits per heavy atom. The third-order valence-electron chi connectivity index (χ3n) is 4.17. The number of rotatable bonds is 1. The standard InChI is InChI=1S/C12H24N2/c1-9(2)14-6-5-10-7-12(13)4-3-11(10)8-14/h9-12H,3-8,13H2,1-2H3. The highest BCUT2D eigenvalue weighted by Gasteiger charge is 2.34. The van der Waals surface area contributed by atoms with Gasteiger partial charge < -0.3 is 10.6 Å². The lowest BCUT2D eigenvalue weighted by molar-refractivity contribution is 0.0613. The normalized spacial score (nSPS) is 39.9. The quantitative estimate of drug-likeness (QED) is 0.693. The first-order valence-electron chi connectivity index (χ1n) is 6.16. The molecule has 0 spiro atoms. The van der Waals surface area contributed by atoms with Gasteiger partial charge in [-0.25, -0.2) is 0 Å². The molecule has 2 rings (SSSR count). The Labute approximate surface area is 87.8 Å². The van der Waals surface area contributed by atoms with Gasteiger partial charge in [-0.05, 0) is 57.9 Å². The number of likely N-dealkylation sites (tertiary alicyclic amines) is 1. The van der Waals surface area contributed by atoms with Crippen molar-refractivity contribution in [2.75, 3.05) is 13.1 Å². The number of piperidine rings is 1. The zero-order valence-electron chi connectivity index (χ0n) is 9.58. The van der Waals surface area contributed by atoms with Gasteiger partial charge in [0.05, 0.1) is 0 Å². The summed E-state index contributed by atoms with van der Waals surface area (Å²) in [4.78, 5) is 2.64. The van der Waals surface area contributed by atoms with E-state index in [-0.39, 0.29) is 0 Å². The van der Waals surface area contributed by atoms with Crippen molar-refractivity contribution in [2.45, 2.75) is 51.6 Å². The zero-order chi connectivity index (χ0) is 10.1. The molecule has 1 aliphatic carbocycles. The third-order valence-corrected chi connectivity index (χ3v) is 4.17. The van der Waals surface area contributed by atoms with Gasteiger partial charge in [0.15, 0.2) is 0 Å². The van der Waals surface area contributed by atoms with E-state index in [1.165, 1.54) is 38.8 Å². The van der Waals surface area contributed by atoms with Crippen molar-refractivity contribution in [3.8, 4) is 0 Å². The maximum atomic E-state index is 6.02. The van der Waals surface area contributed by atoms with E-state index in [0.717, 1.165) is 17.9 Å². The summed E-state index contributed by atoms with van der Waals surface area (Å²) in [6, 6.07) is 1.23. The molecule has 0 aromatic rings. The summed E-state index contributed by atoms with van der Waals surface area (Å²) >= 11 is 0. The minimum Gasteiger partial charge on any atom is -0.328 e. The minimum atomic E-state index is 0.502. The Balaban J connectivity index is 1.91. The van der Waals surface area contributed by atoms with Crippen LogP contribution in [0.3, 0.4) is 0 Å². The van der Waals surface area contributed by atoms with Crippen LogP contribution in [0.4, 0.5) is 0 Å². The summed E-state index contributed by atoms with van der Waals surface area (Å²) in [6.07, 6.45) is 5.30. The van der Waals surface area contributed by atoms with Gasteiger partial charge in [0.2, 0.25) is 0 Å². The molecule has 2 fully saturated rings. The van der Waals surface area contributed by atoms with Gasteiger partial charge >= 0.3 is 0 Å². The highest BCUT2D eigenvalue weighted by atomic mass is 15.2. The van der Waals surface area contributed by atoms with E-state index < -0.39 is 0 Å². The average molecular weight is 196 g/mol. The molecule has 2 nitrogen and oxygen atoms in total. The van der Waals surface area contributed by atoms with Crippen LogP contribution < -0.4 is 5.73 Å². The number of hydrogen-bond acceptors (Lipinski definition) is 2. The fourth-order valence-electron chi connectivity index (χ4n) is 3.15. The minimum absolute atomic E-state index is 0.502. The molecule has 0 aromatic heterocycles. The predicted octanol–water partition coefficient (Wildman–Crippen LogP) is 1.84. The highest BCUT2D eigenvalue weighted by molar-refractivity contribution is 4.88. The molecule has 0 amide bonds. The molecule has 3 unspecified atom stereocenters. The monoisotopic (exact) mass is 196 g/mol. The molecule has 14 heavy (non-hydrogen) atoms. The van der Waals surface area contributed by atoms with Crippen molar-refractivity contribution < 1.29 is 0 Å². The first-order valence-corrected chi connectivity index (χ1v) is 6.16. The van der Waals surface area contributed by atoms with Gasteiger partial charge in [-0.3, -0.25) is 0 Å². The Bertz CT molecular complexity index is 191. The Hall–Kier alpha value is -0.0800. The van der Waals surface area contributed by atoms with Crippen molar-refractivity contribution in [3.05, 3.63) is 0 Å². The Morgan fingerprint density at radius 2 is 1.93 bits per heavy atom. The summed E-state index contributed by atoms with van der Waals surface area (Å²) < 4.78 is 0. The fraction of sp³-hybridized carbons (Fsp3) is 1.00. The van der Waals surface area contributed by atoms with E-state index >= 15 is 0 Å². The van der Waals surface area contributed by atoms with Crippen LogP contribution >= 0.6 is 0 Å². The van der Waals surface area contributed by atoms with Crippen molar-refractivity contribution >= 4 is 0 Å². The first-order chi connectivity index (χ1) is 6.66. The molecule has 1 saturated heterocycles. The Morgan fingerprint density at radius 3 is 2.64 bits per heavy atom. The summed E-state index contributed by atoms with van der Waals surface area (Å²) in [7, 11) is 0. The highest BCUT2D eigenvalue weighted by Crippen LogP contribution is 2.36. The van der Waals surface area contributed by atoms with E-state index in [1.807, 2.05) is 0 Å². The van der Waals surface area contributed by atoms with Crippen LogP contribution in [-0.2, 0) is 0 Å². The van der Waals surface area contributed by atoms with E-state index in [2.05, 4.69) is 18.7 Å². The van der Waals surface area contributed by atoms with Crippen molar-refractivity contribution in [1.29, 1.82) is 0 Å². The molecule has 1 saturated carbocycles. The lowest BCUT2D eigenvalue weighted by Crippen LogP contribution is -2.47. The van der Waals surface area contributed by atoms with Crippen molar-refractivity contribution in [1.82, 2.24) is 4.90 Å². The number of nitrogens with two attached hydrogens (primary N) is 1. The third kappa shape index (κ3) is 2.12. The van der Waals surface area contributed by atoms with E-state index in [4.69, 9.17) is 5.73 Å². The summed E-state index contributed by atoms with van der Waals surface area (Å²) in [5, 5.41) is 0. The fourth-order valence-corrected chi connectivity index (χ4v) is 3.15. The number of nitrogens with zero attached hydrogens (tertiary/aromatic N) is 1. The zero-order valence-corrected chi connectivity index (χ0v) is 9.58. The summed E-state index contributed by atoms with van der Waals surface area (Å²) in [5.74, 6) is 1.89. The summed E-state index contributed by atoms with van der Waals surface area (Å²) in [6.45, 7) is 7.25. The Kier molecular flexibility index (Phi) is 3.13. The average Bonchev–Trinajstić information content (AvgIpc) is 2.16. The maximum Gasteiger partial charge on any atom is 0.00416 e. The van der Waals surface area contributed by atoms with Crippen LogP contribution in [0.5, 0.6) is 0 Å². The van der Waals surface area contributed by atoms with Crippen LogP contribution in [0.1, 0.15) is 39.5 Å². The number of fused-ring (bicyclic) bond motifs is 1. The maximum absolute atomic E-state index is 6.02. The van der Waals surface area contributed by atoms with Crippen molar-refractivity contribution in [3.63, 3.8) is 0 Å². The topological polar surface area (TPSA) is 29.3 Å². The first kappa shape index (κ1) is 10.4. The second-order valence-corrected chi connectivity index (χ2v) is 5.47. The SMILES string of the molecule is CC(C)N1CCC2CC(N)CCC2C1. The van der Waals surface area contributed by atoms with E-state index in [0.29, 0.717) is 6.04 Å². The molecule has 2 heteroatoms.